The number of allylic oxidation sites excluding steroid dienone is 6. The first-order chi connectivity index (χ1) is 32.8. The molecule has 0 aromatic carbocycles. The van der Waals surface area contributed by atoms with E-state index < -0.39 is 65.9 Å². The number of fused-ring (bicyclic) bond motifs is 3. The smallest absolute Gasteiger partial charge is 0.329 e. The van der Waals surface area contributed by atoms with Crippen molar-refractivity contribution < 1.29 is 58.0 Å². The molecule has 15 nitrogen and oxygen atoms in total. The van der Waals surface area contributed by atoms with Crippen LogP contribution in [-0.2, 0) is 38.1 Å². The molecular weight excluding hydrogens is 883 g/mol. The Labute approximate surface area is 410 Å². The molecule has 1 aromatic rings. The zero-order valence-electron chi connectivity index (χ0n) is 42.7. The first-order valence-corrected chi connectivity index (χ1v) is 25.6. The van der Waals surface area contributed by atoms with Crippen LogP contribution < -0.4 is 5.32 Å². The normalized spacial score (nSPS) is 38.8. The van der Waals surface area contributed by atoms with Crippen LogP contribution in [0.4, 0.5) is 5.69 Å². The van der Waals surface area contributed by atoms with Gasteiger partial charge in [-0.1, -0.05) is 81.8 Å². The predicted molar refractivity (Wildman–Crippen MR) is 262 cm³/mol. The van der Waals surface area contributed by atoms with Crippen LogP contribution in [-0.4, -0.2) is 124 Å². The number of aliphatic hydroxyl groups is 3. The number of methoxy groups -OCH3 is 2. The Morgan fingerprint density at radius 2 is 1.67 bits per heavy atom. The number of rotatable bonds is 7. The maximum Gasteiger partial charge on any atom is 0.329 e. The number of amides is 1. The van der Waals surface area contributed by atoms with Crippen molar-refractivity contribution in [2.75, 3.05) is 26.1 Å². The molecule has 386 valence electrons. The molecule has 15 heteroatoms. The van der Waals surface area contributed by atoms with Gasteiger partial charge < -0.3 is 49.0 Å². The molecule has 0 spiro atoms. The number of aliphatic hydroxyl groups excluding tert-OH is 2. The lowest BCUT2D eigenvalue weighted by Crippen LogP contribution is -2.61. The van der Waals surface area contributed by atoms with Gasteiger partial charge >= 0.3 is 5.97 Å². The summed E-state index contributed by atoms with van der Waals surface area (Å²) in [6.07, 6.45) is 18.7. The van der Waals surface area contributed by atoms with Gasteiger partial charge in [-0.15, -0.1) is 0 Å². The largest absolute Gasteiger partial charge is 0.461 e. The van der Waals surface area contributed by atoms with Crippen LogP contribution in [0, 0.1) is 35.5 Å². The predicted octanol–water partition coefficient (Wildman–Crippen LogP) is 7.85. The Hall–Kier alpha value is -3.99. The number of hydrogen-bond acceptors (Lipinski definition) is 14. The van der Waals surface area contributed by atoms with E-state index in [2.05, 4.69) is 24.3 Å². The highest BCUT2D eigenvalue weighted by Crippen LogP contribution is 2.38. The zero-order chi connectivity index (χ0) is 50.4. The number of carbonyl (C=O) groups is 4. The summed E-state index contributed by atoms with van der Waals surface area (Å²) in [4.78, 5) is 58.3. The number of Topliss-reactive ketones (excluding diaryl/α,β-unsaturated/α-hetero) is 2. The standard InChI is InChI=1S/C54H83N3O12/c1-33-15-11-10-12-16-34(2)27-41(56-42-31-55-67-32-42)30-43-21-19-39(7)54(64,69-43)51(61)52(62)57-24-14-13-17-44(57)53(63)68-46(36(4)28-40-20-22-45(58)47(29-40)65-8)23-18-35(3)26-38(6)49(60)50(66-9)48(59)37(5)25-33/h10-12,15-16,26,31-33,35-37,39-41,43-47,49-50,56,58,60,64H,13-14,17-25,27-30H2,1-9H3/b12-10+,15-11+,34-16+,38-26+/t33-,35+,36-,37?,39?,40?,41-,43+,44?,45-,46+,47?,49?,50+,54?/m1/s1. The first kappa shape index (κ1) is 55.9. The van der Waals surface area contributed by atoms with Gasteiger partial charge in [0.2, 0.25) is 5.79 Å². The van der Waals surface area contributed by atoms with Crippen molar-refractivity contribution in [3.05, 3.63) is 60.1 Å². The minimum Gasteiger partial charge on any atom is -0.461 e. The van der Waals surface area contributed by atoms with E-state index >= 15 is 0 Å². The highest BCUT2D eigenvalue weighted by molar-refractivity contribution is 6.39. The molecule has 4 aliphatic rings. The SMILES string of the molecule is COC1CC(C[C@@H](C)[C@@H]2CC[C@H](C)/C=C(\C)C(O)[C@@H](OC)C(=O)C(C)C[C@H](C)/C=C/C=C/C=C(\C)C[C@@H](Nc3cnoc3)C[C@@H]3CCC(C)C(O)(O3)C(=O)C(=O)N3CCCCC3C(=O)O2)CC[C@H]1O. The van der Waals surface area contributed by atoms with Crippen molar-refractivity contribution >= 4 is 29.1 Å². The summed E-state index contributed by atoms with van der Waals surface area (Å²) >= 11 is 0. The third-order valence-electron chi connectivity index (χ3n) is 15.2. The van der Waals surface area contributed by atoms with E-state index in [9.17, 15) is 34.5 Å². The van der Waals surface area contributed by atoms with Crippen molar-refractivity contribution in [3.8, 4) is 0 Å². The third-order valence-corrected chi connectivity index (χ3v) is 15.2. The highest BCUT2D eigenvalue weighted by atomic mass is 16.6. The summed E-state index contributed by atoms with van der Waals surface area (Å²) in [6.45, 7) is 13.7. The molecule has 69 heavy (non-hydrogen) atoms. The van der Waals surface area contributed by atoms with Crippen LogP contribution in [0.15, 0.2) is 64.6 Å². The van der Waals surface area contributed by atoms with Gasteiger partial charge in [0.05, 0.1) is 30.2 Å². The molecule has 4 N–H and O–H groups in total. The van der Waals surface area contributed by atoms with Crippen molar-refractivity contribution in [3.63, 3.8) is 0 Å². The number of aromatic nitrogens is 1. The Morgan fingerprint density at radius 3 is 2.38 bits per heavy atom. The summed E-state index contributed by atoms with van der Waals surface area (Å²) in [5, 5.41) is 41.5. The summed E-state index contributed by atoms with van der Waals surface area (Å²) in [6, 6.07) is -1.26. The molecule has 2 saturated heterocycles. The van der Waals surface area contributed by atoms with Crippen molar-refractivity contribution in [2.24, 2.45) is 35.5 Å². The maximum atomic E-state index is 14.5. The van der Waals surface area contributed by atoms with E-state index in [4.69, 9.17) is 23.5 Å². The summed E-state index contributed by atoms with van der Waals surface area (Å²) in [5.74, 6) is -6.19. The number of hydrogen-bond donors (Lipinski definition) is 4. The molecule has 4 heterocycles. The van der Waals surface area contributed by atoms with E-state index in [1.54, 1.807) is 27.2 Å². The fourth-order valence-electron chi connectivity index (χ4n) is 11.0. The topological polar surface area (TPSA) is 207 Å². The van der Waals surface area contributed by atoms with Crippen LogP contribution in [0.25, 0.3) is 0 Å². The lowest BCUT2D eigenvalue weighted by molar-refractivity contribution is -0.264. The summed E-state index contributed by atoms with van der Waals surface area (Å²) in [5.41, 5.74) is 2.31. The third kappa shape index (κ3) is 15.5. The van der Waals surface area contributed by atoms with Crippen molar-refractivity contribution in [1.29, 1.82) is 0 Å². The molecule has 1 amide bonds. The van der Waals surface area contributed by atoms with Gasteiger partial charge in [0.15, 0.2) is 5.78 Å². The second kappa shape index (κ2) is 26.5. The van der Waals surface area contributed by atoms with E-state index in [1.807, 2.05) is 57.2 Å². The maximum absolute atomic E-state index is 14.5. The molecule has 5 rings (SSSR count). The Morgan fingerprint density at radius 1 is 0.899 bits per heavy atom. The number of carbonyl (C=O) groups excluding carboxylic acids is 4. The molecule has 15 atom stereocenters. The van der Waals surface area contributed by atoms with Gasteiger partial charge in [-0.25, -0.2) is 4.79 Å². The van der Waals surface area contributed by atoms with Gasteiger partial charge in [-0.2, -0.15) is 0 Å². The van der Waals surface area contributed by atoms with E-state index in [0.717, 1.165) is 12.0 Å². The quantitative estimate of drug-likeness (QED) is 0.117. The van der Waals surface area contributed by atoms with E-state index in [1.165, 1.54) is 18.3 Å². The number of ether oxygens (including phenoxy) is 4. The second-order valence-corrected chi connectivity index (χ2v) is 21.0. The highest BCUT2D eigenvalue weighted by Gasteiger charge is 2.53. The molecule has 7 unspecified atom stereocenters. The Kier molecular flexibility index (Phi) is 21.4. The minimum atomic E-state index is -2.40. The van der Waals surface area contributed by atoms with Crippen LogP contribution in [0.1, 0.15) is 138 Å². The van der Waals surface area contributed by atoms with E-state index in [-0.39, 0.29) is 54.1 Å². The fraction of sp³-hybridized carbons (Fsp3) is 0.722. The first-order valence-electron chi connectivity index (χ1n) is 25.6. The minimum absolute atomic E-state index is 0.0678. The molecule has 1 aromatic heterocycles. The van der Waals surface area contributed by atoms with Gasteiger partial charge in [0.1, 0.15) is 30.6 Å². The number of piperidine rings is 1. The average molecular weight is 966 g/mol. The number of cyclic esters (lactones) is 1. The van der Waals surface area contributed by atoms with E-state index in [0.29, 0.717) is 94.7 Å². The molecule has 1 aliphatic carbocycles. The number of anilines is 1. The zero-order valence-corrected chi connectivity index (χ0v) is 42.7. The average Bonchev–Trinajstić information content (AvgIpc) is 3.84. The van der Waals surface area contributed by atoms with Crippen LogP contribution in [0.2, 0.25) is 0 Å². The van der Waals surface area contributed by atoms with Gasteiger partial charge in [0, 0.05) is 38.6 Å². The summed E-state index contributed by atoms with van der Waals surface area (Å²) in [7, 11) is 3.05. The number of ketones is 2. The lowest BCUT2D eigenvalue weighted by atomic mass is 9.78. The van der Waals surface area contributed by atoms with Gasteiger partial charge in [-0.3, -0.25) is 14.4 Å². The lowest BCUT2D eigenvalue weighted by Gasteiger charge is -2.43. The van der Waals surface area contributed by atoms with Gasteiger partial charge in [0.25, 0.3) is 11.7 Å². The molecule has 3 aliphatic heterocycles. The van der Waals surface area contributed by atoms with Crippen LogP contribution >= 0.6 is 0 Å². The van der Waals surface area contributed by atoms with Crippen molar-refractivity contribution in [1.82, 2.24) is 10.1 Å². The molecule has 1 saturated carbocycles. The Balaban J connectivity index is 1.45. The molecule has 3 fully saturated rings. The fourth-order valence-corrected chi connectivity index (χ4v) is 11.0. The number of esters is 1. The number of nitrogens with zero attached hydrogens (tertiary/aromatic N) is 2. The Bertz CT molecular complexity index is 1950. The molecule has 2 bridgehead atoms. The second-order valence-electron chi connectivity index (χ2n) is 21.0. The summed E-state index contributed by atoms with van der Waals surface area (Å²) < 4.78 is 29.1. The van der Waals surface area contributed by atoms with Crippen LogP contribution in [0.5, 0.6) is 0 Å². The van der Waals surface area contributed by atoms with Gasteiger partial charge in [-0.05, 0) is 133 Å². The van der Waals surface area contributed by atoms with Crippen molar-refractivity contribution in [2.45, 2.75) is 193 Å². The van der Waals surface area contributed by atoms with Crippen LogP contribution in [0.3, 0.4) is 0 Å². The number of nitrogens with one attached hydrogen (secondary N) is 1. The monoisotopic (exact) mass is 966 g/mol. The molecular formula is C54H83N3O12. The molecule has 0 radical (unpaired) electrons.